The zero-order valence-corrected chi connectivity index (χ0v) is 12.2. The predicted octanol–water partition coefficient (Wildman–Crippen LogP) is 1.33. The van der Waals surface area contributed by atoms with Crippen molar-refractivity contribution in [2.45, 2.75) is 25.4 Å². The first-order valence-electron chi connectivity index (χ1n) is 7.60. The van der Waals surface area contributed by atoms with E-state index in [1.54, 1.807) is 4.57 Å². The van der Waals surface area contributed by atoms with Crippen LogP contribution in [0.5, 0.6) is 5.88 Å². The molecule has 0 saturated carbocycles. The molecule has 23 heavy (non-hydrogen) atoms. The van der Waals surface area contributed by atoms with Crippen molar-refractivity contribution in [1.82, 2.24) is 9.88 Å². The zero-order valence-electron chi connectivity index (χ0n) is 12.2. The van der Waals surface area contributed by atoms with Gasteiger partial charge in [-0.05, 0) is 30.2 Å². The van der Waals surface area contributed by atoms with E-state index in [0.29, 0.717) is 13.0 Å². The van der Waals surface area contributed by atoms with Crippen molar-refractivity contribution >= 4 is 33.5 Å². The molecule has 1 saturated heterocycles. The van der Waals surface area contributed by atoms with Gasteiger partial charge in [-0.15, -0.1) is 0 Å². The van der Waals surface area contributed by atoms with Crippen LogP contribution in [-0.2, 0) is 16.1 Å². The van der Waals surface area contributed by atoms with Gasteiger partial charge in [0.25, 0.3) is 0 Å². The summed E-state index contributed by atoms with van der Waals surface area (Å²) in [6, 6.07) is 7.11. The molecule has 0 spiro atoms. The van der Waals surface area contributed by atoms with Gasteiger partial charge in [-0.25, -0.2) is 0 Å². The Morgan fingerprint density at radius 2 is 2.04 bits per heavy atom. The van der Waals surface area contributed by atoms with Crippen LogP contribution < -0.4 is 10.7 Å². The first-order chi connectivity index (χ1) is 11.1. The van der Waals surface area contributed by atoms with Crippen molar-refractivity contribution in [1.29, 1.82) is 0 Å². The fraction of sp³-hybridized carbons (Fsp3) is 0.235. The van der Waals surface area contributed by atoms with Crippen molar-refractivity contribution in [2.24, 2.45) is 4.99 Å². The maximum absolute atomic E-state index is 12.2. The van der Waals surface area contributed by atoms with Gasteiger partial charge < -0.3 is 5.11 Å². The molecule has 0 bridgehead atoms. The van der Waals surface area contributed by atoms with E-state index in [1.807, 2.05) is 24.3 Å². The quantitative estimate of drug-likeness (QED) is 0.665. The zero-order chi connectivity index (χ0) is 15.7. The molecule has 0 aliphatic carbocycles. The number of imide groups is 1. The summed E-state index contributed by atoms with van der Waals surface area (Å²) in [4.78, 5) is 28.1. The molecule has 0 radical (unpaired) electrons. The fourth-order valence-corrected chi connectivity index (χ4v) is 3.84. The van der Waals surface area contributed by atoms with Crippen LogP contribution in [0.25, 0.3) is 21.7 Å². The van der Waals surface area contributed by atoms with Crippen molar-refractivity contribution < 1.29 is 14.7 Å². The Morgan fingerprint density at radius 1 is 1.17 bits per heavy atom. The minimum atomic E-state index is -0.574. The Kier molecular flexibility index (Phi) is 2.25. The molecule has 2 aliphatic heterocycles. The van der Waals surface area contributed by atoms with E-state index in [-0.39, 0.29) is 24.1 Å². The normalized spacial score (nSPS) is 20.3. The van der Waals surface area contributed by atoms with Gasteiger partial charge in [0, 0.05) is 22.6 Å². The van der Waals surface area contributed by atoms with E-state index in [2.05, 4.69) is 10.3 Å². The molecule has 6 nitrogen and oxygen atoms in total. The molecule has 3 heterocycles. The number of rotatable bonds is 1. The minimum absolute atomic E-state index is 0.0742. The van der Waals surface area contributed by atoms with Crippen LogP contribution in [-0.4, -0.2) is 21.5 Å². The number of aromatic hydroxyl groups is 1. The molecule has 2 amide bonds. The van der Waals surface area contributed by atoms with Crippen molar-refractivity contribution in [3.63, 3.8) is 0 Å². The van der Waals surface area contributed by atoms with Gasteiger partial charge in [0.15, 0.2) is 5.88 Å². The summed E-state index contributed by atoms with van der Waals surface area (Å²) in [6.45, 7) is 0.648. The molecule has 1 unspecified atom stereocenters. The van der Waals surface area contributed by atoms with Gasteiger partial charge in [0.1, 0.15) is 6.04 Å². The summed E-state index contributed by atoms with van der Waals surface area (Å²) in [5, 5.41) is 16.7. The number of nitrogens with zero attached hydrogens (tertiary/aromatic N) is 2. The summed E-state index contributed by atoms with van der Waals surface area (Å²) >= 11 is 0. The molecule has 5 rings (SSSR count). The lowest BCUT2D eigenvalue weighted by molar-refractivity contribution is -0.135. The lowest BCUT2D eigenvalue weighted by Crippen LogP contribution is -2.41. The average Bonchev–Trinajstić information content (AvgIpc) is 3.06. The highest BCUT2D eigenvalue weighted by Gasteiger charge is 2.32. The average molecular weight is 307 g/mol. The highest BCUT2D eigenvalue weighted by Crippen LogP contribution is 2.40. The Hall–Kier alpha value is -2.89. The van der Waals surface area contributed by atoms with Crippen LogP contribution in [0, 0.1) is 0 Å². The monoisotopic (exact) mass is 307 g/mol. The maximum Gasteiger partial charge on any atom is 0.249 e. The fourth-order valence-electron chi connectivity index (χ4n) is 3.84. The molecule has 1 fully saturated rings. The molecule has 3 aromatic rings. The van der Waals surface area contributed by atoms with Crippen LogP contribution >= 0.6 is 0 Å². The third-order valence-corrected chi connectivity index (χ3v) is 4.87. The second-order valence-electron chi connectivity index (χ2n) is 6.10. The third-order valence-electron chi connectivity index (χ3n) is 4.87. The molecule has 2 N–H and O–H groups in total. The smallest absolute Gasteiger partial charge is 0.249 e. The number of amides is 2. The van der Waals surface area contributed by atoms with Gasteiger partial charge in [-0.1, -0.05) is 6.07 Å². The summed E-state index contributed by atoms with van der Waals surface area (Å²) < 4.78 is 1.65. The van der Waals surface area contributed by atoms with Crippen LogP contribution in [0.1, 0.15) is 24.4 Å². The summed E-state index contributed by atoms with van der Waals surface area (Å²) in [5.41, 5.74) is 1.95. The van der Waals surface area contributed by atoms with Gasteiger partial charge in [-0.2, -0.15) is 0 Å². The largest absolute Gasteiger partial charge is 0.494 e. The molecule has 2 aliphatic rings. The first kappa shape index (κ1) is 12.6. The SMILES string of the molecule is O=C1CCC(n2c(O)c3ccc4c5c(ccc2c35)=NC4)C(=O)N1. The minimum Gasteiger partial charge on any atom is -0.494 e. The second-order valence-corrected chi connectivity index (χ2v) is 6.10. The molecule has 1 atom stereocenters. The standard InChI is InChI=1S/C17H13N3O3/c21-13-6-5-12(16(22)19-13)20-11-4-3-10-14-8(7-18-10)1-2-9(15(11)14)17(20)23/h1-4,12,23H,5-7H2,(H,19,21,22). The van der Waals surface area contributed by atoms with E-state index >= 15 is 0 Å². The van der Waals surface area contributed by atoms with E-state index in [9.17, 15) is 14.7 Å². The number of carbonyl (C=O) groups is 2. The number of piperidine rings is 1. The number of carbonyl (C=O) groups excluding carboxylic acids is 2. The highest BCUT2D eigenvalue weighted by atomic mass is 16.3. The number of hydrogen-bond donors (Lipinski definition) is 2. The molecule has 1 aromatic heterocycles. The highest BCUT2D eigenvalue weighted by molar-refractivity contribution is 6.14. The van der Waals surface area contributed by atoms with Gasteiger partial charge in [0.2, 0.25) is 11.8 Å². The molecule has 6 heteroatoms. The lowest BCUT2D eigenvalue weighted by Gasteiger charge is -2.23. The number of benzene rings is 2. The number of hydrogen-bond acceptors (Lipinski definition) is 4. The lowest BCUT2D eigenvalue weighted by atomic mass is 10.0. The van der Waals surface area contributed by atoms with Gasteiger partial charge >= 0.3 is 0 Å². The topological polar surface area (TPSA) is 83.7 Å². The predicted molar refractivity (Wildman–Crippen MR) is 83.0 cm³/mol. The van der Waals surface area contributed by atoms with Gasteiger partial charge in [-0.3, -0.25) is 24.5 Å². The van der Waals surface area contributed by atoms with Crippen LogP contribution in [0.15, 0.2) is 29.3 Å². The second kappa shape index (κ2) is 4.10. The van der Waals surface area contributed by atoms with Gasteiger partial charge in [0.05, 0.1) is 17.4 Å². The van der Waals surface area contributed by atoms with Crippen molar-refractivity contribution in [2.75, 3.05) is 0 Å². The number of nitrogens with one attached hydrogen (secondary N) is 1. The Morgan fingerprint density at radius 3 is 2.87 bits per heavy atom. The Labute approximate surface area is 130 Å². The summed E-state index contributed by atoms with van der Waals surface area (Å²) in [7, 11) is 0. The summed E-state index contributed by atoms with van der Waals surface area (Å²) in [5.74, 6) is -0.551. The van der Waals surface area contributed by atoms with E-state index in [1.165, 1.54) is 0 Å². The van der Waals surface area contributed by atoms with E-state index in [0.717, 1.165) is 32.6 Å². The number of aromatic nitrogens is 1. The van der Waals surface area contributed by atoms with Crippen LogP contribution in [0.4, 0.5) is 0 Å². The van der Waals surface area contributed by atoms with Crippen LogP contribution in [0.2, 0.25) is 0 Å². The van der Waals surface area contributed by atoms with E-state index in [4.69, 9.17) is 0 Å². The Balaban J connectivity index is 1.86. The summed E-state index contributed by atoms with van der Waals surface area (Å²) in [6.07, 6.45) is 0.668. The molecule has 114 valence electrons. The molecular formula is C17H13N3O3. The van der Waals surface area contributed by atoms with E-state index < -0.39 is 6.04 Å². The maximum atomic E-state index is 12.2. The third kappa shape index (κ3) is 1.50. The van der Waals surface area contributed by atoms with Crippen LogP contribution in [0.3, 0.4) is 0 Å². The molecule has 2 aromatic carbocycles. The van der Waals surface area contributed by atoms with Crippen molar-refractivity contribution in [3.8, 4) is 5.88 Å². The molecular weight excluding hydrogens is 294 g/mol. The Bertz CT molecular complexity index is 1080. The van der Waals surface area contributed by atoms with Crippen molar-refractivity contribution in [3.05, 3.63) is 35.2 Å². The first-order valence-corrected chi connectivity index (χ1v) is 7.60.